The van der Waals surface area contributed by atoms with Crippen molar-refractivity contribution in [2.75, 3.05) is 13.7 Å². The molecule has 0 radical (unpaired) electrons. The van der Waals surface area contributed by atoms with Gasteiger partial charge in [0.05, 0.1) is 30.4 Å². The van der Waals surface area contributed by atoms with Gasteiger partial charge in [-0.1, -0.05) is 24.3 Å². The Bertz CT molecular complexity index is 908. The molecule has 1 saturated heterocycles. The summed E-state index contributed by atoms with van der Waals surface area (Å²) in [6, 6.07) is 15.6. The third-order valence-electron chi connectivity index (χ3n) is 4.68. The summed E-state index contributed by atoms with van der Waals surface area (Å²) in [6.45, 7) is 0.740. The average molecular weight is 333 g/mol. The number of likely N-dealkylation sites (tertiary alicyclic amines) is 1. The molecule has 0 N–H and O–H groups in total. The van der Waals surface area contributed by atoms with E-state index in [-0.39, 0.29) is 11.9 Å². The number of ether oxygens (including phenoxy) is 1. The SMILES string of the molecule is COc1ccc(C2CCCN2C(=O)c2cnc3ccccc3n2)cc1. The minimum Gasteiger partial charge on any atom is -0.497 e. The van der Waals surface area contributed by atoms with E-state index in [1.54, 1.807) is 13.3 Å². The Morgan fingerprint density at radius 2 is 1.88 bits per heavy atom. The molecule has 0 aliphatic carbocycles. The van der Waals surface area contributed by atoms with E-state index in [9.17, 15) is 4.79 Å². The highest BCUT2D eigenvalue weighted by atomic mass is 16.5. The molecule has 0 bridgehead atoms. The number of para-hydroxylation sites is 2. The van der Waals surface area contributed by atoms with Gasteiger partial charge in [-0.25, -0.2) is 4.98 Å². The smallest absolute Gasteiger partial charge is 0.274 e. The summed E-state index contributed by atoms with van der Waals surface area (Å²) in [7, 11) is 1.65. The molecule has 1 aromatic heterocycles. The Balaban J connectivity index is 1.62. The van der Waals surface area contributed by atoms with Crippen molar-refractivity contribution in [3.63, 3.8) is 0 Å². The Morgan fingerprint density at radius 1 is 1.12 bits per heavy atom. The molecule has 5 nitrogen and oxygen atoms in total. The third-order valence-corrected chi connectivity index (χ3v) is 4.68. The maximum atomic E-state index is 13.0. The van der Waals surface area contributed by atoms with E-state index in [1.807, 2.05) is 53.4 Å². The van der Waals surface area contributed by atoms with Gasteiger partial charge in [-0.05, 0) is 42.7 Å². The minimum atomic E-state index is -0.0587. The van der Waals surface area contributed by atoms with Crippen LogP contribution in [0.15, 0.2) is 54.7 Å². The van der Waals surface area contributed by atoms with Gasteiger partial charge in [0.1, 0.15) is 11.4 Å². The van der Waals surface area contributed by atoms with Gasteiger partial charge < -0.3 is 9.64 Å². The number of amides is 1. The van der Waals surface area contributed by atoms with Gasteiger partial charge in [0.25, 0.3) is 5.91 Å². The lowest BCUT2D eigenvalue weighted by Crippen LogP contribution is -2.31. The highest BCUT2D eigenvalue weighted by Crippen LogP contribution is 2.33. The molecular weight excluding hydrogens is 314 g/mol. The van der Waals surface area contributed by atoms with Gasteiger partial charge >= 0.3 is 0 Å². The van der Waals surface area contributed by atoms with Gasteiger partial charge in [-0.3, -0.25) is 9.78 Å². The summed E-state index contributed by atoms with van der Waals surface area (Å²) in [5.41, 5.74) is 3.07. The normalized spacial score (nSPS) is 17.0. The van der Waals surface area contributed by atoms with Crippen LogP contribution in [0.3, 0.4) is 0 Å². The van der Waals surface area contributed by atoms with Crippen molar-refractivity contribution in [1.82, 2.24) is 14.9 Å². The highest BCUT2D eigenvalue weighted by molar-refractivity contribution is 5.94. The van der Waals surface area contributed by atoms with Crippen LogP contribution in [0.1, 0.15) is 34.9 Å². The van der Waals surface area contributed by atoms with Crippen molar-refractivity contribution in [1.29, 1.82) is 0 Å². The molecule has 4 rings (SSSR count). The van der Waals surface area contributed by atoms with E-state index in [0.717, 1.165) is 41.7 Å². The number of carbonyl (C=O) groups excluding carboxylic acids is 1. The standard InChI is InChI=1S/C20H19N3O2/c1-25-15-10-8-14(9-11-15)19-7-4-12-23(19)20(24)18-13-21-16-5-2-3-6-17(16)22-18/h2-3,5-6,8-11,13,19H,4,7,12H2,1H3. The molecule has 1 aliphatic rings. The second kappa shape index (κ2) is 6.51. The van der Waals surface area contributed by atoms with E-state index in [4.69, 9.17) is 4.74 Å². The first kappa shape index (κ1) is 15.6. The van der Waals surface area contributed by atoms with Gasteiger partial charge in [-0.15, -0.1) is 0 Å². The van der Waals surface area contributed by atoms with Crippen LogP contribution in [0.25, 0.3) is 11.0 Å². The number of fused-ring (bicyclic) bond motifs is 1. The van der Waals surface area contributed by atoms with Crippen molar-refractivity contribution < 1.29 is 9.53 Å². The molecule has 2 aromatic carbocycles. The number of carbonyl (C=O) groups is 1. The second-order valence-electron chi connectivity index (χ2n) is 6.17. The lowest BCUT2D eigenvalue weighted by molar-refractivity contribution is 0.0729. The van der Waals surface area contributed by atoms with E-state index < -0.39 is 0 Å². The van der Waals surface area contributed by atoms with Crippen LogP contribution in [0.2, 0.25) is 0 Å². The van der Waals surface area contributed by atoms with Gasteiger partial charge in [0, 0.05) is 6.54 Å². The second-order valence-corrected chi connectivity index (χ2v) is 6.17. The van der Waals surface area contributed by atoms with Crippen molar-refractivity contribution in [3.8, 4) is 5.75 Å². The van der Waals surface area contributed by atoms with Crippen molar-refractivity contribution >= 4 is 16.9 Å². The molecule has 25 heavy (non-hydrogen) atoms. The largest absolute Gasteiger partial charge is 0.497 e. The number of aromatic nitrogens is 2. The summed E-state index contributed by atoms with van der Waals surface area (Å²) in [6.07, 6.45) is 3.52. The number of benzene rings is 2. The molecule has 0 saturated carbocycles. The first-order valence-corrected chi connectivity index (χ1v) is 8.43. The zero-order valence-electron chi connectivity index (χ0n) is 14.1. The maximum absolute atomic E-state index is 13.0. The van der Waals surface area contributed by atoms with Crippen LogP contribution in [0.5, 0.6) is 5.75 Å². The molecule has 0 spiro atoms. The Hall–Kier alpha value is -2.95. The average Bonchev–Trinajstić information content (AvgIpc) is 3.17. The number of hydrogen-bond donors (Lipinski definition) is 0. The van der Waals surface area contributed by atoms with E-state index >= 15 is 0 Å². The van der Waals surface area contributed by atoms with Crippen LogP contribution in [-0.2, 0) is 0 Å². The topological polar surface area (TPSA) is 55.3 Å². The minimum absolute atomic E-state index is 0.0587. The molecule has 3 aromatic rings. The Kier molecular flexibility index (Phi) is 4.06. The fourth-order valence-electron chi connectivity index (χ4n) is 3.39. The lowest BCUT2D eigenvalue weighted by Gasteiger charge is -2.25. The molecule has 1 aliphatic heterocycles. The van der Waals surface area contributed by atoms with Gasteiger partial charge in [0.2, 0.25) is 0 Å². The van der Waals surface area contributed by atoms with E-state index in [1.165, 1.54) is 0 Å². The Morgan fingerprint density at radius 3 is 2.64 bits per heavy atom. The molecule has 1 amide bonds. The molecular formula is C20H19N3O2. The lowest BCUT2D eigenvalue weighted by atomic mass is 10.0. The van der Waals surface area contributed by atoms with E-state index in [0.29, 0.717) is 5.69 Å². The van der Waals surface area contributed by atoms with Crippen molar-refractivity contribution in [2.45, 2.75) is 18.9 Å². The van der Waals surface area contributed by atoms with Crippen LogP contribution in [0, 0.1) is 0 Å². The predicted octanol–water partition coefficient (Wildman–Crippen LogP) is 3.62. The molecule has 1 unspecified atom stereocenters. The van der Waals surface area contributed by atoms with Gasteiger partial charge in [-0.2, -0.15) is 0 Å². The first-order valence-electron chi connectivity index (χ1n) is 8.43. The fraction of sp³-hybridized carbons (Fsp3) is 0.250. The molecule has 5 heteroatoms. The zero-order chi connectivity index (χ0) is 17.2. The first-order chi connectivity index (χ1) is 12.3. The molecule has 2 heterocycles. The van der Waals surface area contributed by atoms with Crippen LogP contribution in [-0.4, -0.2) is 34.4 Å². The summed E-state index contributed by atoms with van der Waals surface area (Å²) in [4.78, 5) is 23.8. The number of methoxy groups -OCH3 is 1. The summed E-state index contributed by atoms with van der Waals surface area (Å²) < 4.78 is 5.22. The number of hydrogen-bond acceptors (Lipinski definition) is 4. The quantitative estimate of drug-likeness (QED) is 0.735. The number of rotatable bonds is 3. The summed E-state index contributed by atoms with van der Waals surface area (Å²) in [5, 5.41) is 0. The zero-order valence-corrected chi connectivity index (χ0v) is 14.1. The van der Waals surface area contributed by atoms with Gasteiger partial charge in [0.15, 0.2) is 0 Å². The molecule has 126 valence electrons. The molecule has 1 fully saturated rings. The van der Waals surface area contributed by atoms with Crippen LogP contribution >= 0.6 is 0 Å². The van der Waals surface area contributed by atoms with E-state index in [2.05, 4.69) is 9.97 Å². The maximum Gasteiger partial charge on any atom is 0.274 e. The number of nitrogens with zero attached hydrogens (tertiary/aromatic N) is 3. The van der Waals surface area contributed by atoms with Crippen LogP contribution in [0.4, 0.5) is 0 Å². The van der Waals surface area contributed by atoms with Crippen LogP contribution < -0.4 is 4.74 Å². The fourth-order valence-corrected chi connectivity index (χ4v) is 3.39. The monoisotopic (exact) mass is 333 g/mol. The summed E-state index contributed by atoms with van der Waals surface area (Å²) >= 11 is 0. The van der Waals surface area contributed by atoms with Crippen molar-refractivity contribution in [3.05, 3.63) is 66.0 Å². The highest BCUT2D eigenvalue weighted by Gasteiger charge is 2.31. The Labute approximate surface area is 146 Å². The molecule has 1 atom stereocenters. The predicted molar refractivity (Wildman–Crippen MR) is 95.5 cm³/mol. The third kappa shape index (κ3) is 2.93. The summed E-state index contributed by atoms with van der Waals surface area (Å²) in [5.74, 6) is 0.761. The van der Waals surface area contributed by atoms with Crippen molar-refractivity contribution in [2.24, 2.45) is 0 Å².